The molecule has 3 rings (SSSR count). The van der Waals surface area contributed by atoms with Crippen LogP contribution in [0.15, 0.2) is 42.0 Å². The molecule has 0 saturated carbocycles. The van der Waals surface area contributed by atoms with Crippen LogP contribution >= 0.6 is 11.3 Å². The molecule has 0 saturated heterocycles. The van der Waals surface area contributed by atoms with Crippen molar-refractivity contribution in [3.8, 4) is 11.4 Å². The number of rotatable bonds is 10. The highest BCUT2D eigenvalue weighted by atomic mass is 32.1. The number of pyridine rings is 1. The van der Waals surface area contributed by atoms with E-state index in [1.165, 1.54) is 37.0 Å². The highest BCUT2D eigenvalue weighted by Gasteiger charge is 2.12. The van der Waals surface area contributed by atoms with Gasteiger partial charge in [0, 0.05) is 17.3 Å². The first-order chi connectivity index (χ1) is 16.3. The molecule has 0 spiro atoms. The molecule has 9 heteroatoms. The van der Waals surface area contributed by atoms with Gasteiger partial charge in [0.05, 0.1) is 17.8 Å². The van der Waals surface area contributed by atoms with E-state index in [9.17, 15) is 9.59 Å². The van der Waals surface area contributed by atoms with Gasteiger partial charge >= 0.3 is 0 Å². The van der Waals surface area contributed by atoms with E-state index in [0.29, 0.717) is 16.4 Å². The lowest BCUT2D eigenvalue weighted by Crippen LogP contribution is -2.32. The first-order valence-corrected chi connectivity index (χ1v) is 12.6. The van der Waals surface area contributed by atoms with Crippen LogP contribution < -0.4 is 10.6 Å². The molecule has 2 N–H and O–H groups in total. The summed E-state index contributed by atoms with van der Waals surface area (Å²) >= 11 is 1.31. The maximum Gasteiger partial charge on any atom is 0.253 e. The number of hydrogen-bond donors (Lipinski definition) is 2. The van der Waals surface area contributed by atoms with Crippen LogP contribution in [0.3, 0.4) is 0 Å². The number of amides is 2. The summed E-state index contributed by atoms with van der Waals surface area (Å²) in [5, 5.41) is 7.57. The van der Waals surface area contributed by atoms with Crippen LogP contribution in [0.2, 0.25) is 6.82 Å². The summed E-state index contributed by atoms with van der Waals surface area (Å²) < 4.78 is 1.77. The number of nitrogens with zero attached hydrogens (tertiary/aromatic N) is 3. The zero-order valence-electron chi connectivity index (χ0n) is 20.8. The number of unbranched alkanes of at least 4 members (excludes halogenated alkanes) is 2. The molecule has 0 aliphatic rings. The number of carbonyl (C=O) groups is 2. The third-order valence-electron chi connectivity index (χ3n) is 4.97. The van der Waals surface area contributed by atoms with Gasteiger partial charge < -0.3 is 15.1 Å². The highest BCUT2D eigenvalue weighted by Crippen LogP contribution is 2.23. The number of aryl methyl sites for hydroxylation is 1. The average Bonchev–Trinajstić information content (AvgIpc) is 3.48. The Bertz CT molecular complexity index is 1050. The summed E-state index contributed by atoms with van der Waals surface area (Å²) in [7, 11) is 1.83. The Labute approximate surface area is 207 Å². The minimum Gasteiger partial charge on any atom is -0.402 e. The average molecular weight is 480 g/mol. The van der Waals surface area contributed by atoms with Gasteiger partial charge in [-0.25, -0.2) is 4.98 Å². The Kier molecular flexibility index (Phi) is 11.5. The molecule has 0 aromatic carbocycles. The number of carbonyl (C=O) groups excluding carboxylic acids is 2. The minimum atomic E-state index is -0.335. The van der Waals surface area contributed by atoms with E-state index in [0.717, 1.165) is 17.3 Å². The second kappa shape index (κ2) is 14.4. The Hall–Kier alpha value is -2.94. The lowest BCUT2D eigenvalue weighted by Gasteiger charge is -2.04. The van der Waals surface area contributed by atoms with Gasteiger partial charge in [-0.3, -0.25) is 14.6 Å². The van der Waals surface area contributed by atoms with E-state index in [1.54, 1.807) is 22.9 Å². The normalized spacial score (nSPS) is 10.4. The van der Waals surface area contributed by atoms with E-state index < -0.39 is 0 Å². The molecule has 0 aliphatic carbocycles. The predicted molar refractivity (Wildman–Crippen MR) is 141 cm³/mol. The molecule has 3 aromatic heterocycles. The fourth-order valence-corrected chi connectivity index (χ4v) is 3.79. The summed E-state index contributed by atoms with van der Waals surface area (Å²) in [5.74, 6) is 0.268. The first-order valence-electron chi connectivity index (χ1n) is 11.8. The Morgan fingerprint density at radius 1 is 1.15 bits per heavy atom. The van der Waals surface area contributed by atoms with Gasteiger partial charge in [-0.2, -0.15) is 0 Å². The molecule has 0 fully saturated rings. The molecule has 181 valence electrons. The maximum absolute atomic E-state index is 12.0. The molecule has 3 aromatic rings. The van der Waals surface area contributed by atoms with Gasteiger partial charge in [-0.05, 0) is 37.2 Å². The van der Waals surface area contributed by atoms with E-state index in [2.05, 4.69) is 41.4 Å². The van der Waals surface area contributed by atoms with Crippen molar-refractivity contribution in [1.82, 2.24) is 19.8 Å². The largest absolute Gasteiger partial charge is 0.402 e. The number of anilines is 1. The summed E-state index contributed by atoms with van der Waals surface area (Å²) in [6.07, 6.45) is 9.06. The second-order valence-electron chi connectivity index (χ2n) is 8.43. The monoisotopic (exact) mass is 480 g/mol. The van der Waals surface area contributed by atoms with Gasteiger partial charge in [0.2, 0.25) is 13.3 Å². The summed E-state index contributed by atoms with van der Waals surface area (Å²) in [6, 6.07) is 7.38. The third-order valence-corrected chi connectivity index (χ3v) is 5.73. The summed E-state index contributed by atoms with van der Waals surface area (Å²) in [4.78, 5) is 32.8. The van der Waals surface area contributed by atoms with E-state index >= 15 is 0 Å². The Morgan fingerprint density at radius 3 is 2.59 bits per heavy atom. The zero-order valence-corrected chi connectivity index (χ0v) is 21.6. The molecule has 2 amide bonds. The van der Waals surface area contributed by atoms with E-state index in [1.807, 2.05) is 44.7 Å². The van der Waals surface area contributed by atoms with Crippen molar-refractivity contribution in [2.75, 3.05) is 11.9 Å². The van der Waals surface area contributed by atoms with Crippen molar-refractivity contribution >= 4 is 35.7 Å². The molecule has 0 unspecified atom stereocenters. The molecule has 0 aliphatic heterocycles. The molecule has 34 heavy (non-hydrogen) atoms. The predicted octanol–water partition coefficient (Wildman–Crippen LogP) is 5.42. The molecular formula is C25H35BN5O2S. The SMILES string of the molecule is CCCCCC(C)C.C[B]n1ccc(C(=O)NCC(=O)Nc2nc(-c3cccc(C)n3)cs2)c1. The van der Waals surface area contributed by atoms with E-state index in [-0.39, 0.29) is 18.4 Å². The number of aromatic nitrogens is 3. The lowest BCUT2D eigenvalue weighted by molar-refractivity contribution is -0.115. The van der Waals surface area contributed by atoms with Crippen LogP contribution in [-0.4, -0.2) is 40.2 Å². The molecule has 0 atom stereocenters. The van der Waals surface area contributed by atoms with E-state index in [4.69, 9.17) is 0 Å². The Balaban J connectivity index is 0.000000440. The second-order valence-corrected chi connectivity index (χ2v) is 9.29. The summed E-state index contributed by atoms with van der Waals surface area (Å²) in [5.41, 5.74) is 2.86. The molecular weight excluding hydrogens is 445 g/mol. The van der Waals surface area contributed by atoms with Gasteiger partial charge in [0.25, 0.3) is 5.91 Å². The first kappa shape index (κ1) is 27.3. The highest BCUT2D eigenvalue weighted by molar-refractivity contribution is 7.14. The van der Waals surface area contributed by atoms with Crippen LogP contribution in [0.5, 0.6) is 0 Å². The smallest absolute Gasteiger partial charge is 0.253 e. The zero-order chi connectivity index (χ0) is 24.9. The fraction of sp³-hybridized carbons (Fsp3) is 0.440. The van der Waals surface area contributed by atoms with Crippen LogP contribution in [0, 0.1) is 12.8 Å². The third kappa shape index (κ3) is 9.51. The van der Waals surface area contributed by atoms with Crippen molar-refractivity contribution in [3.05, 3.63) is 53.3 Å². The van der Waals surface area contributed by atoms with Gasteiger partial charge in [-0.15, -0.1) is 11.3 Å². The minimum absolute atomic E-state index is 0.128. The van der Waals surface area contributed by atoms with Crippen molar-refractivity contribution in [2.45, 2.75) is 60.2 Å². The molecule has 7 nitrogen and oxygen atoms in total. The number of hydrogen-bond acceptors (Lipinski definition) is 5. The fourth-order valence-electron chi connectivity index (χ4n) is 3.07. The van der Waals surface area contributed by atoms with Crippen molar-refractivity contribution in [2.24, 2.45) is 5.92 Å². The van der Waals surface area contributed by atoms with Crippen molar-refractivity contribution in [1.29, 1.82) is 0 Å². The standard InChI is InChI=1S/C17H17BN5O2S.C8H18/c1-11-4-3-5-13(20-11)14-10-26-17(21-14)22-15(24)8-19-16(25)12-6-7-23(9-12)18-2;1-4-5-6-7-8(2)3/h3-7,9-10H,8H2,1-2H3,(H,19,25)(H,21,22,24);8H,4-7H2,1-3H3. The lowest BCUT2D eigenvalue weighted by atomic mass is 10.0. The molecule has 1 radical (unpaired) electrons. The topological polar surface area (TPSA) is 88.9 Å². The maximum atomic E-state index is 12.0. The molecule has 3 heterocycles. The van der Waals surface area contributed by atoms with Crippen LogP contribution in [0.4, 0.5) is 5.13 Å². The number of nitrogens with one attached hydrogen (secondary N) is 2. The van der Waals surface area contributed by atoms with Crippen molar-refractivity contribution < 1.29 is 9.59 Å². The quantitative estimate of drug-likeness (QED) is 0.300. The Morgan fingerprint density at radius 2 is 1.94 bits per heavy atom. The van der Waals surface area contributed by atoms with Crippen LogP contribution in [0.1, 0.15) is 62.5 Å². The van der Waals surface area contributed by atoms with Gasteiger partial charge in [0.15, 0.2) is 5.13 Å². The van der Waals surface area contributed by atoms with Gasteiger partial charge in [0.1, 0.15) is 5.69 Å². The summed E-state index contributed by atoms with van der Waals surface area (Å²) in [6.45, 7) is 10.5. The van der Waals surface area contributed by atoms with Crippen molar-refractivity contribution in [3.63, 3.8) is 0 Å². The number of thiazole rings is 1. The van der Waals surface area contributed by atoms with Gasteiger partial charge in [-0.1, -0.05) is 59.3 Å². The molecule has 0 bridgehead atoms. The van der Waals surface area contributed by atoms with Crippen LogP contribution in [0.25, 0.3) is 11.4 Å². The van der Waals surface area contributed by atoms with Crippen LogP contribution in [-0.2, 0) is 4.79 Å².